The maximum atomic E-state index is 12.2. The molecule has 2 rings (SSSR count). The van der Waals surface area contributed by atoms with Crippen LogP contribution < -0.4 is 10.2 Å². The van der Waals surface area contributed by atoms with E-state index in [0.717, 1.165) is 11.6 Å². The zero-order valence-electron chi connectivity index (χ0n) is 17.7. The fourth-order valence-electron chi connectivity index (χ4n) is 4.06. The number of benzene rings is 1. The maximum absolute atomic E-state index is 12.2. The van der Waals surface area contributed by atoms with Gasteiger partial charge in [0.05, 0.1) is 0 Å². The lowest BCUT2D eigenvalue weighted by Gasteiger charge is -2.32. The zero-order chi connectivity index (χ0) is 20.0. The van der Waals surface area contributed by atoms with E-state index in [2.05, 4.69) is 51.2 Å². The molecule has 3 unspecified atom stereocenters. The first kappa shape index (κ1) is 21.5. The summed E-state index contributed by atoms with van der Waals surface area (Å²) in [6, 6.07) is 6.42. The Bertz CT molecular complexity index is 656. The highest BCUT2D eigenvalue weighted by Gasteiger charge is 2.30. The van der Waals surface area contributed by atoms with E-state index in [0.29, 0.717) is 18.8 Å². The van der Waals surface area contributed by atoms with Gasteiger partial charge in [0.15, 0.2) is 0 Å². The quantitative estimate of drug-likeness (QED) is 0.624. The van der Waals surface area contributed by atoms with E-state index in [1.165, 1.54) is 43.2 Å². The van der Waals surface area contributed by atoms with Gasteiger partial charge in [-0.05, 0) is 55.2 Å². The molecule has 1 saturated heterocycles. The Morgan fingerprint density at radius 1 is 1.19 bits per heavy atom. The molecule has 1 aliphatic heterocycles. The Kier molecular flexibility index (Phi) is 7.88. The normalized spacial score (nSPS) is 19.5. The highest BCUT2D eigenvalue weighted by molar-refractivity contribution is 6.01. The number of carbonyl (C=O) groups excluding carboxylic acids is 2. The van der Waals surface area contributed by atoms with Crippen molar-refractivity contribution in [3.05, 3.63) is 29.3 Å². The Labute approximate surface area is 164 Å². The van der Waals surface area contributed by atoms with Crippen molar-refractivity contribution in [1.82, 2.24) is 5.32 Å². The third kappa shape index (κ3) is 5.57. The molecule has 1 aromatic rings. The van der Waals surface area contributed by atoms with Gasteiger partial charge in [-0.2, -0.15) is 0 Å². The van der Waals surface area contributed by atoms with Gasteiger partial charge in [0, 0.05) is 19.2 Å². The number of piperidine rings is 1. The number of nitrogens with zero attached hydrogens (tertiary/aromatic N) is 1. The van der Waals surface area contributed by atoms with Crippen LogP contribution in [0.25, 0.3) is 0 Å². The first-order valence-corrected chi connectivity index (χ1v) is 10.5. The van der Waals surface area contributed by atoms with E-state index < -0.39 is 0 Å². The molecule has 1 fully saturated rings. The molecule has 2 amide bonds. The van der Waals surface area contributed by atoms with Gasteiger partial charge in [0.25, 0.3) is 0 Å². The van der Waals surface area contributed by atoms with Crippen LogP contribution in [0, 0.1) is 12.8 Å². The second-order valence-electron chi connectivity index (χ2n) is 8.20. The van der Waals surface area contributed by atoms with Crippen molar-refractivity contribution in [1.29, 1.82) is 0 Å². The van der Waals surface area contributed by atoms with Crippen LogP contribution in [0.3, 0.4) is 0 Å². The Morgan fingerprint density at radius 2 is 1.93 bits per heavy atom. The molecule has 150 valence electrons. The smallest absolute Gasteiger partial charge is 0.249 e. The third-order valence-corrected chi connectivity index (χ3v) is 6.09. The molecule has 1 heterocycles. The standard InChI is InChI=1S/C23H36N2O2/c1-6-8-18(10-9-16(3)7-2)19-11-12-20(17(4)15-19)25(5)21-13-14-22(26)24-23(21)27/h11-12,15-16,18,21H,6-10,13-14H2,1-5H3,(H,24,26,27). The molecule has 0 saturated carbocycles. The van der Waals surface area contributed by atoms with E-state index in [1.807, 2.05) is 11.9 Å². The lowest BCUT2D eigenvalue weighted by Crippen LogP contribution is -2.51. The number of hydrogen-bond donors (Lipinski definition) is 1. The van der Waals surface area contributed by atoms with Crippen molar-refractivity contribution in [2.75, 3.05) is 11.9 Å². The highest BCUT2D eigenvalue weighted by atomic mass is 16.2. The number of amides is 2. The second kappa shape index (κ2) is 9.91. The summed E-state index contributed by atoms with van der Waals surface area (Å²) in [7, 11) is 1.95. The number of anilines is 1. The van der Waals surface area contributed by atoms with E-state index in [9.17, 15) is 9.59 Å². The molecular formula is C23H36N2O2. The highest BCUT2D eigenvalue weighted by Crippen LogP contribution is 2.32. The van der Waals surface area contributed by atoms with Gasteiger partial charge in [-0.1, -0.05) is 52.2 Å². The number of likely N-dealkylation sites (N-methyl/N-ethyl adjacent to an activating group) is 1. The average Bonchev–Trinajstić information content (AvgIpc) is 2.64. The molecule has 0 aromatic heterocycles. The van der Waals surface area contributed by atoms with Crippen molar-refractivity contribution in [2.45, 2.75) is 84.6 Å². The Balaban J connectivity index is 2.14. The number of carbonyl (C=O) groups is 2. The van der Waals surface area contributed by atoms with Crippen LogP contribution in [-0.2, 0) is 9.59 Å². The average molecular weight is 373 g/mol. The molecule has 0 aliphatic carbocycles. The van der Waals surface area contributed by atoms with Gasteiger partial charge >= 0.3 is 0 Å². The van der Waals surface area contributed by atoms with Crippen molar-refractivity contribution < 1.29 is 9.59 Å². The molecule has 4 heteroatoms. The summed E-state index contributed by atoms with van der Waals surface area (Å²) in [5.74, 6) is 1.04. The summed E-state index contributed by atoms with van der Waals surface area (Å²) in [6.45, 7) is 8.99. The van der Waals surface area contributed by atoms with Crippen LogP contribution >= 0.6 is 0 Å². The lowest BCUT2D eigenvalue weighted by atomic mass is 9.86. The summed E-state index contributed by atoms with van der Waals surface area (Å²) < 4.78 is 0. The molecule has 3 atom stereocenters. The van der Waals surface area contributed by atoms with Gasteiger partial charge in [0.1, 0.15) is 6.04 Å². The largest absolute Gasteiger partial charge is 0.362 e. The van der Waals surface area contributed by atoms with Crippen LogP contribution in [0.2, 0.25) is 0 Å². The first-order valence-electron chi connectivity index (χ1n) is 10.5. The van der Waals surface area contributed by atoms with Crippen molar-refractivity contribution in [3.8, 4) is 0 Å². The van der Waals surface area contributed by atoms with Crippen molar-refractivity contribution in [2.24, 2.45) is 5.92 Å². The molecule has 1 aromatic carbocycles. The number of nitrogens with one attached hydrogen (secondary N) is 1. The maximum Gasteiger partial charge on any atom is 0.249 e. The lowest BCUT2D eigenvalue weighted by molar-refractivity contribution is -0.134. The molecule has 0 radical (unpaired) electrons. The second-order valence-corrected chi connectivity index (χ2v) is 8.20. The molecule has 4 nitrogen and oxygen atoms in total. The van der Waals surface area contributed by atoms with Gasteiger partial charge in [0.2, 0.25) is 11.8 Å². The van der Waals surface area contributed by atoms with Crippen molar-refractivity contribution in [3.63, 3.8) is 0 Å². The topological polar surface area (TPSA) is 49.4 Å². The molecular weight excluding hydrogens is 336 g/mol. The molecule has 1 aliphatic rings. The molecule has 0 bridgehead atoms. The fraction of sp³-hybridized carbons (Fsp3) is 0.652. The van der Waals surface area contributed by atoms with Crippen LogP contribution in [-0.4, -0.2) is 24.9 Å². The minimum Gasteiger partial charge on any atom is -0.362 e. The SMILES string of the molecule is CCCC(CCC(C)CC)c1ccc(N(C)C2CCC(=O)NC2=O)c(C)c1. The van der Waals surface area contributed by atoms with Crippen LogP contribution in [0.5, 0.6) is 0 Å². The van der Waals surface area contributed by atoms with Gasteiger partial charge in [-0.15, -0.1) is 0 Å². The number of aryl methyl sites for hydroxylation is 1. The Morgan fingerprint density at radius 3 is 2.52 bits per heavy atom. The van der Waals surface area contributed by atoms with Gasteiger partial charge in [-0.25, -0.2) is 0 Å². The minimum absolute atomic E-state index is 0.166. The third-order valence-electron chi connectivity index (χ3n) is 6.09. The summed E-state index contributed by atoms with van der Waals surface area (Å²) in [4.78, 5) is 25.6. The Hall–Kier alpha value is -1.84. The van der Waals surface area contributed by atoms with Crippen molar-refractivity contribution >= 4 is 17.5 Å². The summed E-state index contributed by atoms with van der Waals surface area (Å²) in [5, 5.41) is 2.46. The first-order chi connectivity index (χ1) is 12.9. The van der Waals surface area contributed by atoms with Crippen LogP contribution in [0.1, 0.15) is 82.8 Å². The van der Waals surface area contributed by atoms with Crippen LogP contribution in [0.15, 0.2) is 18.2 Å². The van der Waals surface area contributed by atoms with E-state index in [-0.39, 0.29) is 17.9 Å². The predicted molar refractivity (Wildman–Crippen MR) is 112 cm³/mol. The summed E-state index contributed by atoms with van der Waals surface area (Å²) >= 11 is 0. The van der Waals surface area contributed by atoms with Gasteiger partial charge < -0.3 is 4.90 Å². The predicted octanol–water partition coefficient (Wildman–Crippen LogP) is 4.95. The number of hydrogen-bond acceptors (Lipinski definition) is 3. The zero-order valence-corrected chi connectivity index (χ0v) is 17.7. The van der Waals surface area contributed by atoms with Crippen LogP contribution in [0.4, 0.5) is 5.69 Å². The number of imide groups is 1. The monoisotopic (exact) mass is 372 g/mol. The fourth-order valence-corrected chi connectivity index (χ4v) is 4.06. The molecule has 0 spiro atoms. The van der Waals surface area contributed by atoms with E-state index in [4.69, 9.17) is 0 Å². The van der Waals surface area contributed by atoms with E-state index >= 15 is 0 Å². The van der Waals surface area contributed by atoms with Gasteiger partial charge in [-0.3, -0.25) is 14.9 Å². The minimum atomic E-state index is -0.274. The molecule has 27 heavy (non-hydrogen) atoms. The summed E-state index contributed by atoms with van der Waals surface area (Å²) in [6.07, 6.45) is 7.17. The van der Waals surface area contributed by atoms with E-state index in [1.54, 1.807) is 0 Å². The summed E-state index contributed by atoms with van der Waals surface area (Å²) in [5.41, 5.74) is 3.69. The molecule has 1 N–H and O–H groups in total. The number of rotatable bonds is 9.